The van der Waals surface area contributed by atoms with Gasteiger partial charge in [0.2, 0.25) is 0 Å². The van der Waals surface area contributed by atoms with Gasteiger partial charge in [-0.2, -0.15) is 0 Å². The smallest absolute Gasteiger partial charge is 0.172 e. The quantitative estimate of drug-likeness (QED) is 0.0881. The summed E-state index contributed by atoms with van der Waals surface area (Å²) in [5, 5.41) is 11.4. The zero-order valence-corrected chi connectivity index (χ0v) is 45.1. The molecule has 0 saturated heterocycles. The number of hydrogen-bond acceptors (Lipinski definition) is 13. The lowest BCUT2D eigenvalue weighted by molar-refractivity contribution is 0.227. The second-order valence-corrected chi connectivity index (χ2v) is 20.1. The Morgan fingerprint density at radius 3 is 1.17 bits per heavy atom. The molecule has 0 fully saturated rings. The Kier molecular flexibility index (Phi) is 15.5. The highest BCUT2D eigenvalue weighted by Gasteiger charge is 2.31. The molecule has 3 aliphatic rings. The van der Waals surface area contributed by atoms with Crippen molar-refractivity contribution in [2.75, 3.05) is 83.4 Å². The summed E-state index contributed by atoms with van der Waals surface area (Å²) in [5.41, 5.74) is 10.6. The van der Waals surface area contributed by atoms with Gasteiger partial charge in [0.15, 0.2) is 57.5 Å². The number of ether oxygens (including phenoxy) is 9. The molecule has 0 spiro atoms. The van der Waals surface area contributed by atoms with Crippen LogP contribution < -0.4 is 42.6 Å². The van der Waals surface area contributed by atoms with E-state index in [2.05, 4.69) is 103 Å². The van der Waals surface area contributed by atoms with E-state index in [4.69, 9.17) is 42.6 Å². The number of methoxy groups -OCH3 is 6. The van der Waals surface area contributed by atoms with Gasteiger partial charge in [-0.1, -0.05) is 30.3 Å². The molecule has 0 amide bonds. The van der Waals surface area contributed by atoms with E-state index in [9.17, 15) is 5.11 Å². The molecule has 0 saturated carbocycles. The van der Waals surface area contributed by atoms with E-state index in [1.165, 1.54) is 38.9 Å². The highest BCUT2D eigenvalue weighted by Crippen LogP contribution is 2.48. The monoisotopic (exact) mass is 1030 g/mol. The maximum absolute atomic E-state index is 11.4. The van der Waals surface area contributed by atoms with Crippen molar-refractivity contribution >= 4 is 0 Å². The highest BCUT2D eigenvalue weighted by molar-refractivity contribution is 5.58. The molecule has 396 valence electrons. The van der Waals surface area contributed by atoms with Crippen LogP contribution in [0.25, 0.3) is 0 Å². The van der Waals surface area contributed by atoms with Crippen LogP contribution in [0.15, 0.2) is 121 Å². The largest absolute Gasteiger partial charge is 0.504 e. The number of hydrogen-bond donors (Lipinski definition) is 1. The molecule has 7 aromatic rings. The predicted molar refractivity (Wildman–Crippen MR) is 295 cm³/mol. The first-order valence-electron chi connectivity index (χ1n) is 26.0. The Morgan fingerprint density at radius 1 is 0.355 bits per heavy atom. The lowest BCUT2D eigenvalue weighted by Gasteiger charge is -2.35. The van der Waals surface area contributed by atoms with Gasteiger partial charge in [-0.25, -0.2) is 0 Å². The molecule has 0 aliphatic carbocycles. The van der Waals surface area contributed by atoms with Crippen LogP contribution in [-0.2, 0) is 38.5 Å². The van der Waals surface area contributed by atoms with Crippen molar-refractivity contribution in [1.29, 1.82) is 0 Å². The van der Waals surface area contributed by atoms with Crippen LogP contribution in [-0.4, -0.2) is 103 Å². The van der Waals surface area contributed by atoms with E-state index in [0.717, 1.165) is 80.1 Å². The Balaban J connectivity index is 1.00. The van der Waals surface area contributed by atoms with Crippen LogP contribution >= 0.6 is 0 Å². The Labute approximate surface area is 447 Å². The second-order valence-electron chi connectivity index (χ2n) is 20.1. The molecule has 76 heavy (non-hydrogen) atoms. The number of benzene rings is 7. The number of phenolic OH excluding ortho intramolecular Hbond substituents is 1. The van der Waals surface area contributed by atoms with E-state index in [-0.39, 0.29) is 29.6 Å². The Hall–Kier alpha value is -7.58. The van der Waals surface area contributed by atoms with Gasteiger partial charge in [0.05, 0.1) is 42.7 Å². The van der Waals surface area contributed by atoms with E-state index in [1.807, 2.05) is 36.4 Å². The zero-order chi connectivity index (χ0) is 53.0. The first-order valence-corrected chi connectivity index (χ1v) is 26.0. The molecule has 13 nitrogen and oxygen atoms in total. The number of likely N-dealkylation sites (N-methyl/N-ethyl adjacent to an activating group) is 3. The average molecular weight is 1030 g/mol. The summed E-state index contributed by atoms with van der Waals surface area (Å²) < 4.78 is 55.0. The van der Waals surface area contributed by atoms with Gasteiger partial charge in [-0.3, -0.25) is 14.7 Å². The van der Waals surface area contributed by atoms with Gasteiger partial charge in [0.1, 0.15) is 17.2 Å². The standard InChI is InChI=1S/C63H69N3O10/c1-64-25-23-43-33-58(71-7)62(37-49(43)51(64)28-39-10-15-45(68-4)16-11-39)75-55-21-14-41(30-53-48-36-60(73-9)57(70-6)32-42(48)22-27-66(53)3)31-61(55)74-47-19-20-54(67)56(35-47)76-63-38-50-44(34-59(63)72-8)24-26-65(2)52(50)29-40-12-17-46(69-5)18-13-40/h10-21,31-38,51-53,67H,22-30H2,1-9H3. The van der Waals surface area contributed by atoms with Gasteiger partial charge in [0.25, 0.3) is 0 Å². The summed E-state index contributed by atoms with van der Waals surface area (Å²) in [5.74, 6) is 6.87. The highest BCUT2D eigenvalue weighted by atomic mass is 16.5. The molecular formula is C63H69N3O10. The number of rotatable bonds is 18. The van der Waals surface area contributed by atoms with Crippen molar-refractivity contribution in [2.24, 2.45) is 0 Å². The number of phenols is 1. The van der Waals surface area contributed by atoms with Gasteiger partial charge in [-0.15, -0.1) is 0 Å². The molecule has 3 atom stereocenters. The predicted octanol–water partition coefficient (Wildman–Crippen LogP) is 12.1. The summed E-state index contributed by atoms with van der Waals surface area (Å²) in [6.45, 7) is 2.70. The summed E-state index contributed by atoms with van der Waals surface area (Å²) in [7, 11) is 16.5. The number of aromatic hydroxyl groups is 1. The number of nitrogens with zero attached hydrogens (tertiary/aromatic N) is 3. The van der Waals surface area contributed by atoms with Crippen molar-refractivity contribution in [2.45, 2.75) is 56.7 Å². The van der Waals surface area contributed by atoms with E-state index in [1.54, 1.807) is 60.9 Å². The van der Waals surface area contributed by atoms with Crippen LogP contribution in [0.1, 0.15) is 68.2 Å². The van der Waals surface area contributed by atoms with Crippen molar-refractivity contribution in [3.8, 4) is 74.7 Å². The lowest BCUT2D eigenvalue weighted by Crippen LogP contribution is -2.33. The van der Waals surface area contributed by atoms with Gasteiger partial charge in [-0.05, 0) is 195 Å². The van der Waals surface area contributed by atoms with Crippen molar-refractivity contribution < 1.29 is 47.7 Å². The van der Waals surface area contributed by atoms with E-state index < -0.39 is 0 Å². The molecule has 0 radical (unpaired) electrons. The first-order chi connectivity index (χ1) is 36.9. The maximum atomic E-state index is 11.4. The minimum Gasteiger partial charge on any atom is -0.504 e. The number of fused-ring (bicyclic) bond motifs is 3. The molecule has 7 aromatic carbocycles. The fourth-order valence-corrected chi connectivity index (χ4v) is 11.1. The molecule has 1 N–H and O–H groups in total. The van der Waals surface area contributed by atoms with Crippen molar-refractivity contribution in [3.05, 3.63) is 171 Å². The second kappa shape index (κ2) is 22.7. The van der Waals surface area contributed by atoms with Crippen molar-refractivity contribution in [1.82, 2.24) is 14.7 Å². The summed E-state index contributed by atoms with van der Waals surface area (Å²) in [4.78, 5) is 7.16. The Bertz CT molecular complexity index is 3180. The summed E-state index contributed by atoms with van der Waals surface area (Å²) in [6, 6.07) is 40.4. The minimum absolute atomic E-state index is 0.0411. The van der Waals surface area contributed by atoms with Gasteiger partial charge in [0, 0.05) is 43.8 Å². The fraction of sp³-hybridized carbons (Fsp3) is 0.333. The lowest BCUT2D eigenvalue weighted by atomic mass is 9.88. The average Bonchev–Trinajstić information content (AvgIpc) is 3.48. The maximum Gasteiger partial charge on any atom is 0.172 e. The molecular weight excluding hydrogens is 959 g/mol. The SMILES string of the molecule is COc1ccc(CC2c3cc(Oc4cc(Oc5cc(CC6c7cc(OC)c(OC)cc7CCN6C)ccc5Oc5cc6c(cc5OC)CCN(C)C6Cc5ccc(OC)cc5)ccc4O)c(OC)cc3CCN2C)cc1. The Morgan fingerprint density at radius 2 is 0.724 bits per heavy atom. The van der Waals surface area contributed by atoms with Crippen LogP contribution in [0.4, 0.5) is 0 Å². The third-order valence-electron chi connectivity index (χ3n) is 15.6. The van der Waals surface area contributed by atoms with Crippen LogP contribution in [0.3, 0.4) is 0 Å². The molecule has 0 bridgehead atoms. The third kappa shape index (κ3) is 10.9. The molecule has 3 aliphatic heterocycles. The van der Waals surface area contributed by atoms with Crippen LogP contribution in [0.5, 0.6) is 74.7 Å². The molecule has 0 aromatic heterocycles. The third-order valence-corrected chi connectivity index (χ3v) is 15.6. The normalized spacial score (nSPS) is 17.4. The van der Waals surface area contributed by atoms with Crippen LogP contribution in [0, 0.1) is 0 Å². The topological polar surface area (TPSA) is 113 Å². The minimum atomic E-state index is -0.0525. The molecule has 3 unspecified atom stereocenters. The zero-order valence-electron chi connectivity index (χ0n) is 45.1. The molecule has 10 rings (SSSR count). The molecule has 13 heteroatoms. The van der Waals surface area contributed by atoms with Gasteiger partial charge < -0.3 is 47.7 Å². The van der Waals surface area contributed by atoms with Crippen molar-refractivity contribution in [3.63, 3.8) is 0 Å². The molecule has 3 heterocycles. The fourth-order valence-electron chi connectivity index (χ4n) is 11.1. The van der Waals surface area contributed by atoms with Gasteiger partial charge >= 0.3 is 0 Å². The van der Waals surface area contributed by atoms with E-state index >= 15 is 0 Å². The van der Waals surface area contributed by atoms with Crippen LogP contribution in [0.2, 0.25) is 0 Å². The summed E-state index contributed by atoms with van der Waals surface area (Å²) >= 11 is 0. The summed E-state index contributed by atoms with van der Waals surface area (Å²) in [6.07, 6.45) is 4.92. The first kappa shape index (κ1) is 51.9. The van der Waals surface area contributed by atoms with E-state index in [0.29, 0.717) is 52.4 Å².